The van der Waals surface area contributed by atoms with Crippen molar-refractivity contribution in [2.24, 2.45) is 5.73 Å². The van der Waals surface area contributed by atoms with Gasteiger partial charge in [-0.3, -0.25) is 4.79 Å². The number of rotatable bonds is 4. The lowest BCUT2D eigenvalue weighted by Gasteiger charge is -2.25. The van der Waals surface area contributed by atoms with Gasteiger partial charge >= 0.3 is 0 Å². The van der Waals surface area contributed by atoms with E-state index in [1.807, 2.05) is 4.90 Å². The second-order valence-electron chi connectivity index (χ2n) is 4.47. The molecule has 5 nitrogen and oxygen atoms in total. The summed E-state index contributed by atoms with van der Waals surface area (Å²) in [6, 6.07) is -0.272. The number of anilines is 1. The van der Waals surface area contributed by atoms with Crippen molar-refractivity contribution in [1.29, 1.82) is 0 Å². The largest absolute Gasteiger partial charge is 0.368 e. The van der Waals surface area contributed by atoms with Gasteiger partial charge in [0.05, 0.1) is 0 Å². The molecule has 0 aliphatic carbocycles. The fourth-order valence-corrected chi connectivity index (χ4v) is 2.63. The third-order valence-corrected chi connectivity index (χ3v) is 3.55. The quantitative estimate of drug-likeness (QED) is 0.841. The molecule has 0 bridgehead atoms. The zero-order valence-corrected chi connectivity index (χ0v) is 11.2. The van der Waals surface area contributed by atoms with Gasteiger partial charge in [-0.05, 0) is 19.3 Å². The molecular weight excluding hydrogens is 252 g/mol. The van der Waals surface area contributed by atoms with Gasteiger partial charge < -0.3 is 10.6 Å². The topological polar surface area (TPSA) is 72.1 Å². The molecule has 1 fully saturated rings. The van der Waals surface area contributed by atoms with Crippen molar-refractivity contribution in [2.75, 3.05) is 11.4 Å². The minimum Gasteiger partial charge on any atom is -0.368 e. The van der Waals surface area contributed by atoms with Crippen LogP contribution < -0.4 is 10.6 Å². The first-order chi connectivity index (χ1) is 8.65. The first-order valence-electron chi connectivity index (χ1n) is 6.20. The van der Waals surface area contributed by atoms with Crippen LogP contribution in [0.5, 0.6) is 0 Å². The van der Waals surface area contributed by atoms with Gasteiger partial charge in [0.2, 0.25) is 5.91 Å². The van der Waals surface area contributed by atoms with E-state index < -0.39 is 0 Å². The van der Waals surface area contributed by atoms with Gasteiger partial charge in [0.15, 0.2) is 0 Å². The molecule has 2 N–H and O–H groups in total. The maximum absolute atomic E-state index is 11.4. The van der Waals surface area contributed by atoms with E-state index in [1.54, 1.807) is 0 Å². The monoisotopic (exact) mass is 268 g/mol. The number of halogens is 1. The van der Waals surface area contributed by atoms with E-state index in [0.29, 0.717) is 5.15 Å². The van der Waals surface area contributed by atoms with E-state index in [-0.39, 0.29) is 11.9 Å². The molecule has 98 valence electrons. The Hall–Kier alpha value is -1.36. The summed E-state index contributed by atoms with van der Waals surface area (Å²) in [5.74, 6) is 0.461. The predicted molar refractivity (Wildman–Crippen MR) is 70.6 cm³/mol. The molecular formula is C12H17ClN4O. The fourth-order valence-electron chi connectivity index (χ4n) is 2.41. The molecule has 1 aromatic rings. The Bertz CT molecular complexity index is 452. The second kappa shape index (κ2) is 5.52. The Kier molecular flexibility index (Phi) is 4.01. The zero-order valence-electron chi connectivity index (χ0n) is 10.4. The van der Waals surface area contributed by atoms with Gasteiger partial charge in [-0.1, -0.05) is 24.9 Å². The summed E-state index contributed by atoms with van der Waals surface area (Å²) >= 11 is 6.12. The summed E-state index contributed by atoms with van der Waals surface area (Å²) in [5, 5.41) is 0.469. The summed E-state index contributed by atoms with van der Waals surface area (Å²) in [6.07, 6.45) is 4.92. The van der Waals surface area contributed by atoms with Crippen molar-refractivity contribution < 1.29 is 4.79 Å². The van der Waals surface area contributed by atoms with Crippen molar-refractivity contribution in [3.8, 4) is 0 Å². The van der Waals surface area contributed by atoms with Gasteiger partial charge in [0.1, 0.15) is 23.3 Å². The van der Waals surface area contributed by atoms with E-state index >= 15 is 0 Å². The Morgan fingerprint density at radius 3 is 3.06 bits per heavy atom. The Morgan fingerprint density at radius 2 is 2.39 bits per heavy atom. The van der Waals surface area contributed by atoms with Crippen LogP contribution in [0.15, 0.2) is 6.33 Å². The molecule has 1 saturated heterocycles. The van der Waals surface area contributed by atoms with Crippen molar-refractivity contribution in [3.63, 3.8) is 0 Å². The maximum atomic E-state index is 11.4. The minimum atomic E-state index is -0.301. The van der Waals surface area contributed by atoms with Crippen LogP contribution in [0, 0.1) is 0 Å². The van der Waals surface area contributed by atoms with Crippen molar-refractivity contribution in [2.45, 2.75) is 38.6 Å². The highest BCUT2D eigenvalue weighted by atomic mass is 35.5. The standard InChI is InChI=1S/C12H17ClN4O/c1-2-4-8-10(13)15-7-16-12(8)17-6-3-5-9(17)11(14)18/h7,9H,2-6H2,1H3,(H2,14,18). The summed E-state index contributed by atoms with van der Waals surface area (Å²) in [4.78, 5) is 21.7. The summed E-state index contributed by atoms with van der Waals surface area (Å²) in [6.45, 7) is 2.86. The molecule has 1 aliphatic rings. The van der Waals surface area contributed by atoms with E-state index in [1.165, 1.54) is 6.33 Å². The smallest absolute Gasteiger partial charge is 0.240 e. The molecule has 1 unspecified atom stereocenters. The Morgan fingerprint density at radius 1 is 1.61 bits per heavy atom. The van der Waals surface area contributed by atoms with Gasteiger partial charge in [-0.2, -0.15) is 0 Å². The molecule has 1 aliphatic heterocycles. The normalized spacial score (nSPS) is 19.2. The van der Waals surface area contributed by atoms with Crippen molar-refractivity contribution in [3.05, 3.63) is 17.0 Å². The molecule has 1 aromatic heterocycles. The third-order valence-electron chi connectivity index (χ3n) is 3.22. The number of nitrogens with zero attached hydrogens (tertiary/aromatic N) is 3. The molecule has 2 rings (SSSR count). The lowest BCUT2D eigenvalue weighted by atomic mass is 10.1. The van der Waals surface area contributed by atoms with Crippen molar-refractivity contribution >= 4 is 23.3 Å². The number of hydrogen-bond acceptors (Lipinski definition) is 4. The van der Waals surface area contributed by atoms with Gasteiger partial charge in [-0.15, -0.1) is 0 Å². The molecule has 0 radical (unpaired) electrons. The van der Waals surface area contributed by atoms with Crippen LogP contribution in [-0.4, -0.2) is 28.5 Å². The number of primary amides is 1. The maximum Gasteiger partial charge on any atom is 0.240 e. The van der Waals surface area contributed by atoms with Crippen LogP contribution in [0.3, 0.4) is 0 Å². The van der Waals surface area contributed by atoms with Crippen LogP contribution in [0.1, 0.15) is 31.7 Å². The van der Waals surface area contributed by atoms with Gasteiger partial charge in [0, 0.05) is 12.1 Å². The number of aromatic nitrogens is 2. The number of carbonyl (C=O) groups is 1. The fraction of sp³-hybridized carbons (Fsp3) is 0.583. The van der Waals surface area contributed by atoms with Crippen LogP contribution in [0.25, 0.3) is 0 Å². The molecule has 0 spiro atoms. The second-order valence-corrected chi connectivity index (χ2v) is 4.83. The highest BCUT2D eigenvalue weighted by molar-refractivity contribution is 6.30. The summed E-state index contributed by atoms with van der Waals surface area (Å²) < 4.78 is 0. The summed E-state index contributed by atoms with van der Waals surface area (Å²) in [7, 11) is 0. The summed E-state index contributed by atoms with van der Waals surface area (Å²) in [5.41, 5.74) is 6.34. The lowest BCUT2D eigenvalue weighted by Crippen LogP contribution is -2.41. The van der Waals surface area contributed by atoms with Crippen LogP contribution in [-0.2, 0) is 11.2 Å². The number of carbonyl (C=O) groups excluding carboxylic acids is 1. The first-order valence-corrected chi connectivity index (χ1v) is 6.58. The number of amides is 1. The highest BCUT2D eigenvalue weighted by Crippen LogP contribution is 2.30. The van der Waals surface area contributed by atoms with Crippen LogP contribution in [0.2, 0.25) is 5.15 Å². The molecule has 0 saturated carbocycles. The van der Waals surface area contributed by atoms with Crippen LogP contribution >= 0.6 is 11.6 Å². The average molecular weight is 269 g/mol. The number of nitrogens with two attached hydrogens (primary N) is 1. The third kappa shape index (κ3) is 2.41. The van der Waals surface area contributed by atoms with E-state index in [0.717, 1.165) is 43.6 Å². The molecule has 1 atom stereocenters. The zero-order chi connectivity index (χ0) is 13.1. The molecule has 6 heteroatoms. The highest BCUT2D eigenvalue weighted by Gasteiger charge is 2.31. The predicted octanol–water partition coefficient (Wildman–Crippen LogP) is 1.54. The van der Waals surface area contributed by atoms with E-state index in [9.17, 15) is 4.79 Å². The molecule has 2 heterocycles. The number of hydrogen-bond donors (Lipinski definition) is 1. The SMILES string of the molecule is CCCc1c(Cl)ncnc1N1CCCC1C(N)=O. The van der Waals surface area contributed by atoms with Crippen molar-refractivity contribution in [1.82, 2.24) is 9.97 Å². The Labute approximate surface area is 111 Å². The molecule has 1 amide bonds. The molecule has 0 aromatic carbocycles. The minimum absolute atomic E-state index is 0.272. The van der Waals surface area contributed by atoms with Gasteiger partial charge in [-0.25, -0.2) is 9.97 Å². The van der Waals surface area contributed by atoms with E-state index in [4.69, 9.17) is 17.3 Å². The van der Waals surface area contributed by atoms with E-state index in [2.05, 4.69) is 16.9 Å². The van der Waals surface area contributed by atoms with Gasteiger partial charge in [0.25, 0.3) is 0 Å². The Balaban J connectivity index is 2.37. The molecule has 18 heavy (non-hydrogen) atoms. The average Bonchev–Trinajstić information content (AvgIpc) is 2.81. The van der Waals surface area contributed by atoms with Crippen LogP contribution in [0.4, 0.5) is 5.82 Å². The lowest BCUT2D eigenvalue weighted by molar-refractivity contribution is -0.119. The first kappa shape index (κ1) is 13.1.